The molecule has 0 unspecified atom stereocenters. The molecular formula is C19H24N4O4S. The molecule has 0 saturated heterocycles. The van der Waals surface area contributed by atoms with Gasteiger partial charge in [-0.1, -0.05) is 32.9 Å². The van der Waals surface area contributed by atoms with E-state index in [4.69, 9.17) is 0 Å². The van der Waals surface area contributed by atoms with Crippen LogP contribution in [-0.2, 0) is 4.79 Å². The third-order valence-corrected chi connectivity index (χ3v) is 5.02. The molecule has 0 aliphatic rings. The van der Waals surface area contributed by atoms with E-state index < -0.39 is 10.3 Å². The van der Waals surface area contributed by atoms with Crippen molar-refractivity contribution in [3.8, 4) is 0 Å². The Labute approximate surface area is 167 Å². The van der Waals surface area contributed by atoms with Crippen LogP contribution in [0.1, 0.15) is 36.0 Å². The molecule has 150 valence electrons. The molecule has 1 aromatic heterocycles. The van der Waals surface area contributed by atoms with E-state index in [-0.39, 0.29) is 17.5 Å². The van der Waals surface area contributed by atoms with Crippen LogP contribution < -0.4 is 16.0 Å². The molecule has 1 heterocycles. The minimum Gasteiger partial charge on any atom is -0.378 e. The second-order valence-corrected chi connectivity index (χ2v) is 8.34. The summed E-state index contributed by atoms with van der Waals surface area (Å²) < 4.78 is 0. The van der Waals surface area contributed by atoms with Crippen LogP contribution in [0, 0.1) is 22.5 Å². The molecule has 2 amide bonds. The minimum atomic E-state index is -0.522. The standard InChI is InChI=1S/C19H24N4O4S/c1-12-11-15(22-18(25)19(2,3)4)28-16(12)17(24)21-10-9-20-13-7-5-6-8-14(13)23(26)27/h5-8,11,20H,9-10H2,1-4H3,(H,21,24)(H,22,25). The van der Waals surface area contributed by atoms with Gasteiger partial charge in [-0.2, -0.15) is 0 Å². The van der Waals surface area contributed by atoms with Gasteiger partial charge in [-0.05, 0) is 24.6 Å². The number of nitrogens with zero attached hydrogens (tertiary/aromatic N) is 1. The molecule has 0 aliphatic carbocycles. The zero-order valence-electron chi connectivity index (χ0n) is 16.3. The Balaban J connectivity index is 1.90. The number of para-hydroxylation sites is 2. The van der Waals surface area contributed by atoms with E-state index in [0.29, 0.717) is 28.7 Å². The van der Waals surface area contributed by atoms with Crippen molar-refractivity contribution in [1.29, 1.82) is 0 Å². The van der Waals surface area contributed by atoms with E-state index in [1.807, 2.05) is 27.7 Å². The zero-order valence-corrected chi connectivity index (χ0v) is 17.1. The number of benzene rings is 1. The first-order chi connectivity index (χ1) is 13.1. The van der Waals surface area contributed by atoms with E-state index in [1.165, 1.54) is 17.4 Å². The van der Waals surface area contributed by atoms with Gasteiger partial charge in [-0.3, -0.25) is 19.7 Å². The molecule has 2 aromatic rings. The van der Waals surface area contributed by atoms with E-state index in [9.17, 15) is 19.7 Å². The first kappa shape index (κ1) is 21.4. The van der Waals surface area contributed by atoms with Gasteiger partial charge in [0.2, 0.25) is 5.91 Å². The van der Waals surface area contributed by atoms with Gasteiger partial charge in [0.1, 0.15) is 5.69 Å². The van der Waals surface area contributed by atoms with Gasteiger partial charge in [0.25, 0.3) is 11.6 Å². The summed E-state index contributed by atoms with van der Waals surface area (Å²) in [5.74, 6) is -0.363. The van der Waals surface area contributed by atoms with Gasteiger partial charge in [0, 0.05) is 24.6 Å². The molecule has 2 rings (SSSR count). The van der Waals surface area contributed by atoms with E-state index in [2.05, 4.69) is 16.0 Å². The van der Waals surface area contributed by atoms with Crippen molar-refractivity contribution in [3.63, 3.8) is 0 Å². The van der Waals surface area contributed by atoms with Crippen molar-refractivity contribution in [1.82, 2.24) is 5.32 Å². The Hall–Kier alpha value is -2.94. The molecule has 28 heavy (non-hydrogen) atoms. The maximum Gasteiger partial charge on any atom is 0.292 e. The number of carbonyl (C=O) groups excluding carboxylic acids is 2. The molecule has 0 fully saturated rings. The van der Waals surface area contributed by atoms with E-state index in [0.717, 1.165) is 5.56 Å². The first-order valence-electron chi connectivity index (χ1n) is 8.77. The number of rotatable bonds is 7. The highest BCUT2D eigenvalue weighted by Crippen LogP contribution is 2.28. The molecule has 3 N–H and O–H groups in total. The third kappa shape index (κ3) is 5.53. The van der Waals surface area contributed by atoms with Gasteiger partial charge in [0.05, 0.1) is 14.8 Å². The quantitative estimate of drug-likeness (QED) is 0.369. The number of aryl methyl sites for hydroxylation is 1. The van der Waals surface area contributed by atoms with E-state index in [1.54, 1.807) is 24.3 Å². The van der Waals surface area contributed by atoms with Crippen LogP contribution in [0.25, 0.3) is 0 Å². The summed E-state index contributed by atoms with van der Waals surface area (Å²) in [5.41, 5.74) is 0.647. The molecule has 9 heteroatoms. The summed E-state index contributed by atoms with van der Waals surface area (Å²) in [6.07, 6.45) is 0. The molecule has 0 bridgehead atoms. The number of carbonyl (C=O) groups is 2. The van der Waals surface area contributed by atoms with Crippen LogP contribution in [0.5, 0.6) is 0 Å². The maximum absolute atomic E-state index is 12.4. The Bertz CT molecular complexity index is 886. The Morgan fingerprint density at radius 3 is 2.50 bits per heavy atom. The smallest absolute Gasteiger partial charge is 0.292 e. The molecule has 8 nitrogen and oxygen atoms in total. The lowest BCUT2D eigenvalue weighted by atomic mass is 9.96. The number of hydrogen-bond acceptors (Lipinski definition) is 6. The summed E-state index contributed by atoms with van der Waals surface area (Å²) in [7, 11) is 0. The second-order valence-electron chi connectivity index (χ2n) is 7.28. The normalized spacial score (nSPS) is 11.0. The molecule has 0 atom stereocenters. The number of nitrogens with one attached hydrogen (secondary N) is 3. The average molecular weight is 404 g/mol. The maximum atomic E-state index is 12.4. The third-order valence-electron chi connectivity index (χ3n) is 3.87. The molecule has 0 spiro atoms. The topological polar surface area (TPSA) is 113 Å². The molecule has 0 radical (unpaired) electrons. The molecular weight excluding hydrogens is 380 g/mol. The van der Waals surface area contributed by atoms with Gasteiger partial charge in [0.15, 0.2) is 0 Å². The van der Waals surface area contributed by atoms with E-state index >= 15 is 0 Å². The largest absolute Gasteiger partial charge is 0.378 e. The van der Waals surface area contributed by atoms with Crippen molar-refractivity contribution >= 4 is 39.5 Å². The lowest BCUT2D eigenvalue weighted by Crippen LogP contribution is -2.28. The average Bonchev–Trinajstić information content (AvgIpc) is 2.98. The number of hydrogen-bond donors (Lipinski definition) is 3. The van der Waals surface area contributed by atoms with Crippen LogP contribution in [0.15, 0.2) is 30.3 Å². The Morgan fingerprint density at radius 2 is 1.86 bits per heavy atom. The number of nitro benzene ring substituents is 1. The highest BCUT2D eigenvalue weighted by molar-refractivity contribution is 7.18. The fourth-order valence-corrected chi connectivity index (χ4v) is 3.29. The predicted molar refractivity (Wildman–Crippen MR) is 111 cm³/mol. The lowest BCUT2D eigenvalue weighted by molar-refractivity contribution is -0.384. The lowest BCUT2D eigenvalue weighted by Gasteiger charge is -2.16. The van der Waals surface area contributed by atoms with Crippen LogP contribution in [0.3, 0.4) is 0 Å². The number of anilines is 2. The van der Waals surface area contributed by atoms with Crippen LogP contribution in [0.4, 0.5) is 16.4 Å². The monoisotopic (exact) mass is 404 g/mol. The van der Waals surface area contributed by atoms with Gasteiger partial charge in [-0.15, -0.1) is 11.3 Å². The fourth-order valence-electron chi connectivity index (χ4n) is 2.30. The van der Waals surface area contributed by atoms with Crippen LogP contribution >= 0.6 is 11.3 Å². The Kier molecular flexibility index (Phi) is 6.74. The van der Waals surface area contributed by atoms with Gasteiger partial charge < -0.3 is 16.0 Å². The zero-order chi connectivity index (χ0) is 20.9. The summed E-state index contributed by atoms with van der Waals surface area (Å²) in [5, 5.41) is 20.2. The number of amides is 2. The summed E-state index contributed by atoms with van der Waals surface area (Å²) in [6.45, 7) is 7.91. The van der Waals surface area contributed by atoms with Crippen LogP contribution in [-0.4, -0.2) is 29.8 Å². The number of nitro groups is 1. The summed E-state index contributed by atoms with van der Waals surface area (Å²) in [6, 6.07) is 8.11. The molecule has 0 saturated carbocycles. The first-order valence-corrected chi connectivity index (χ1v) is 9.58. The predicted octanol–water partition coefficient (Wildman–Crippen LogP) is 3.79. The Morgan fingerprint density at radius 1 is 1.18 bits per heavy atom. The second kappa shape index (κ2) is 8.83. The van der Waals surface area contributed by atoms with Crippen molar-refractivity contribution in [2.45, 2.75) is 27.7 Å². The van der Waals surface area contributed by atoms with Crippen molar-refractivity contribution in [2.75, 3.05) is 23.7 Å². The molecule has 0 aliphatic heterocycles. The van der Waals surface area contributed by atoms with Gasteiger partial charge >= 0.3 is 0 Å². The van der Waals surface area contributed by atoms with Gasteiger partial charge in [-0.25, -0.2) is 0 Å². The summed E-state index contributed by atoms with van der Waals surface area (Å²) in [4.78, 5) is 35.5. The SMILES string of the molecule is Cc1cc(NC(=O)C(C)(C)C)sc1C(=O)NCCNc1ccccc1[N+](=O)[O-]. The highest BCUT2D eigenvalue weighted by atomic mass is 32.1. The van der Waals surface area contributed by atoms with Crippen LogP contribution in [0.2, 0.25) is 0 Å². The van der Waals surface area contributed by atoms with Crippen molar-refractivity contribution in [2.24, 2.45) is 5.41 Å². The fraction of sp³-hybridized carbons (Fsp3) is 0.368. The molecule has 1 aromatic carbocycles. The summed E-state index contributed by atoms with van der Waals surface area (Å²) >= 11 is 1.22. The highest BCUT2D eigenvalue weighted by Gasteiger charge is 2.23. The minimum absolute atomic E-state index is 0.0119. The number of thiophene rings is 1. The van der Waals surface area contributed by atoms with Crippen molar-refractivity contribution in [3.05, 3.63) is 50.9 Å². The van der Waals surface area contributed by atoms with Crippen molar-refractivity contribution < 1.29 is 14.5 Å².